The molecule has 0 saturated carbocycles. The van der Waals surface area contributed by atoms with E-state index in [9.17, 15) is 8.42 Å². The molecule has 6 heteroatoms. The summed E-state index contributed by atoms with van der Waals surface area (Å²) in [6, 6.07) is 4.81. The molecule has 0 bridgehead atoms. The Morgan fingerprint density at radius 2 is 2.16 bits per heavy atom. The molecule has 0 atom stereocenters. The van der Waals surface area contributed by atoms with Gasteiger partial charge >= 0.3 is 0 Å². The van der Waals surface area contributed by atoms with Crippen LogP contribution in [0.15, 0.2) is 35.7 Å². The van der Waals surface area contributed by atoms with E-state index in [0.717, 1.165) is 18.4 Å². The van der Waals surface area contributed by atoms with Gasteiger partial charge in [-0.2, -0.15) is 0 Å². The summed E-state index contributed by atoms with van der Waals surface area (Å²) in [7, 11) is -2.03. The fraction of sp³-hybridized carbons (Fsp3) is 0.385. The van der Waals surface area contributed by atoms with Gasteiger partial charge in [0.15, 0.2) is 0 Å². The molecule has 0 aliphatic rings. The van der Waals surface area contributed by atoms with Gasteiger partial charge in [-0.1, -0.05) is 23.7 Å². The van der Waals surface area contributed by atoms with Crippen molar-refractivity contribution in [2.75, 3.05) is 13.6 Å². The van der Waals surface area contributed by atoms with E-state index in [2.05, 4.69) is 6.58 Å². The average Bonchev–Trinajstić information content (AvgIpc) is 2.39. The number of allylic oxidation sites excluding steroid dienone is 1. The second-order valence-electron chi connectivity index (χ2n) is 4.23. The van der Waals surface area contributed by atoms with Crippen LogP contribution in [0.3, 0.4) is 0 Å². The smallest absolute Gasteiger partial charge is 0.244 e. The third-order valence-electron chi connectivity index (χ3n) is 2.80. The van der Waals surface area contributed by atoms with Crippen molar-refractivity contribution in [1.29, 1.82) is 0 Å². The van der Waals surface area contributed by atoms with Crippen LogP contribution in [0, 0.1) is 0 Å². The van der Waals surface area contributed by atoms with Crippen LogP contribution in [0.4, 0.5) is 0 Å². The number of hydrogen-bond donors (Lipinski definition) is 1. The summed E-state index contributed by atoms with van der Waals surface area (Å²) in [4.78, 5) is 0.109. The number of rotatable bonds is 7. The Balaban J connectivity index is 3.01. The number of sulfonamides is 1. The molecule has 19 heavy (non-hydrogen) atoms. The first-order valence-corrected chi connectivity index (χ1v) is 7.81. The fourth-order valence-electron chi connectivity index (χ4n) is 1.62. The molecule has 1 aromatic rings. The van der Waals surface area contributed by atoms with E-state index < -0.39 is 10.0 Å². The minimum absolute atomic E-state index is 0.109. The Morgan fingerprint density at radius 1 is 1.47 bits per heavy atom. The van der Waals surface area contributed by atoms with Crippen LogP contribution in [0.25, 0.3) is 0 Å². The van der Waals surface area contributed by atoms with Crippen LogP contribution in [0.1, 0.15) is 18.4 Å². The van der Waals surface area contributed by atoms with Crippen LogP contribution in [-0.2, 0) is 16.6 Å². The molecule has 0 fully saturated rings. The highest BCUT2D eigenvalue weighted by molar-refractivity contribution is 7.89. The molecule has 0 aromatic heterocycles. The Kier molecular flexibility index (Phi) is 6.00. The fourth-order valence-corrected chi connectivity index (χ4v) is 3.35. The number of nitrogens with zero attached hydrogens (tertiary/aromatic N) is 1. The molecule has 0 spiro atoms. The highest BCUT2D eigenvalue weighted by atomic mass is 35.5. The quantitative estimate of drug-likeness (QED) is 0.621. The zero-order valence-electron chi connectivity index (χ0n) is 11.0. The van der Waals surface area contributed by atoms with Crippen molar-refractivity contribution in [3.63, 3.8) is 0 Å². The number of halogens is 1. The molecule has 0 unspecified atom stereocenters. The SMILES string of the molecule is C=CCCCN(C)S(=O)(=O)c1cc(CN)ccc1Cl. The molecule has 0 heterocycles. The molecule has 0 amide bonds. The normalized spacial score (nSPS) is 11.8. The molecule has 1 aromatic carbocycles. The molecule has 4 nitrogen and oxygen atoms in total. The molecule has 106 valence electrons. The van der Waals surface area contributed by atoms with Gasteiger partial charge in [-0.15, -0.1) is 6.58 Å². The van der Waals surface area contributed by atoms with E-state index in [1.54, 1.807) is 25.3 Å². The summed E-state index contributed by atoms with van der Waals surface area (Å²) in [5, 5.41) is 0.216. The maximum absolute atomic E-state index is 12.4. The van der Waals surface area contributed by atoms with Crippen LogP contribution in [0.5, 0.6) is 0 Å². The highest BCUT2D eigenvalue weighted by Gasteiger charge is 2.23. The van der Waals surface area contributed by atoms with Crippen molar-refractivity contribution in [2.45, 2.75) is 24.3 Å². The molecule has 2 N–H and O–H groups in total. The minimum atomic E-state index is -3.57. The van der Waals surface area contributed by atoms with E-state index in [1.807, 2.05) is 0 Å². The minimum Gasteiger partial charge on any atom is -0.326 e. The van der Waals surface area contributed by atoms with E-state index in [0.29, 0.717) is 6.54 Å². The van der Waals surface area contributed by atoms with Crippen molar-refractivity contribution in [3.8, 4) is 0 Å². The molecule has 0 aliphatic heterocycles. The zero-order chi connectivity index (χ0) is 14.5. The van der Waals surface area contributed by atoms with Gasteiger partial charge in [0.05, 0.1) is 5.02 Å². The largest absolute Gasteiger partial charge is 0.326 e. The summed E-state index contributed by atoms with van der Waals surface area (Å²) in [5.41, 5.74) is 6.26. The van der Waals surface area contributed by atoms with Crippen molar-refractivity contribution >= 4 is 21.6 Å². The monoisotopic (exact) mass is 302 g/mol. The molecule has 0 saturated heterocycles. The highest BCUT2D eigenvalue weighted by Crippen LogP contribution is 2.25. The van der Waals surface area contributed by atoms with Crippen molar-refractivity contribution in [3.05, 3.63) is 41.4 Å². The number of benzene rings is 1. The van der Waals surface area contributed by atoms with Crippen LogP contribution in [0.2, 0.25) is 5.02 Å². The lowest BCUT2D eigenvalue weighted by molar-refractivity contribution is 0.463. The summed E-state index contributed by atoms with van der Waals surface area (Å²) in [5.74, 6) is 0. The number of nitrogens with two attached hydrogens (primary N) is 1. The number of unbranched alkanes of at least 4 members (excludes halogenated alkanes) is 1. The van der Waals surface area contributed by atoms with Gasteiger partial charge in [-0.25, -0.2) is 12.7 Å². The molecular weight excluding hydrogens is 284 g/mol. The zero-order valence-corrected chi connectivity index (χ0v) is 12.5. The lowest BCUT2D eigenvalue weighted by Gasteiger charge is -2.18. The lowest BCUT2D eigenvalue weighted by atomic mass is 10.2. The third kappa shape index (κ3) is 4.04. The Morgan fingerprint density at radius 3 is 2.74 bits per heavy atom. The molecule has 1 rings (SSSR count). The molecule has 0 radical (unpaired) electrons. The van der Waals surface area contributed by atoms with E-state index >= 15 is 0 Å². The first-order valence-electron chi connectivity index (χ1n) is 5.99. The Bertz CT molecular complexity index is 544. The lowest BCUT2D eigenvalue weighted by Crippen LogP contribution is -2.28. The van der Waals surface area contributed by atoms with Gasteiger partial charge in [0.25, 0.3) is 0 Å². The van der Waals surface area contributed by atoms with E-state index in [1.165, 1.54) is 10.4 Å². The second kappa shape index (κ2) is 7.05. The van der Waals surface area contributed by atoms with Gasteiger partial charge in [0, 0.05) is 20.1 Å². The number of hydrogen-bond acceptors (Lipinski definition) is 3. The van der Waals surface area contributed by atoms with Crippen molar-refractivity contribution in [2.24, 2.45) is 5.73 Å². The van der Waals surface area contributed by atoms with Gasteiger partial charge in [0.2, 0.25) is 10.0 Å². The summed E-state index contributed by atoms with van der Waals surface area (Å²) < 4.78 is 26.1. The first-order chi connectivity index (χ1) is 8.93. The van der Waals surface area contributed by atoms with Gasteiger partial charge in [0.1, 0.15) is 4.90 Å². The molecular formula is C13H19ClN2O2S. The van der Waals surface area contributed by atoms with Crippen molar-refractivity contribution in [1.82, 2.24) is 4.31 Å². The third-order valence-corrected chi connectivity index (χ3v) is 5.14. The van der Waals surface area contributed by atoms with Crippen molar-refractivity contribution < 1.29 is 8.42 Å². The van der Waals surface area contributed by atoms with Crippen LogP contribution >= 0.6 is 11.6 Å². The summed E-state index contributed by atoms with van der Waals surface area (Å²) in [6.45, 7) is 4.32. The predicted octanol–water partition coefficient (Wildman–Crippen LogP) is 2.39. The van der Waals surface area contributed by atoms with E-state index in [4.69, 9.17) is 17.3 Å². The van der Waals surface area contributed by atoms with Crippen LogP contribution in [-0.4, -0.2) is 26.3 Å². The Hall–Kier alpha value is -0.880. The van der Waals surface area contributed by atoms with Gasteiger partial charge < -0.3 is 5.73 Å². The predicted molar refractivity (Wildman–Crippen MR) is 78.6 cm³/mol. The Labute approximate surface area is 119 Å². The maximum Gasteiger partial charge on any atom is 0.244 e. The van der Waals surface area contributed by atoms with Crippen LogP contribution < -0.4 is 5.73 Å². The topological polar surface area (TPSA) is 63.4 Å². The standard InChI is InChI=1S/C13H19ClN2O2S/c1-3-4-5-8-16(2)19(17,18)13-9-11(10-15)6-7-12(13)14/h3,6-7,9H,1,4-5,8,10,15H2,2H3. The van der Waals surface area contributed by atoms with Gasteiger partial charge in [-0.05, 0) is 30.5 Å². The maximum atomic E-state index is 12.4. The van der Waals surface area contributed by atoms with E-state index in [-0.39, 0.29) is 16.5 Å². The summed E-state index contributed by atoms with van der Waals surface area (Å²) >= 11 is 5.98. The second-order valence-corrected chi connectivity index (χ2v) is 6.65. The van der Waals surface area contributed by atoms with Gasteiger partial charge in [-0.3, -0.25) is 0 Å². The average molecular weight is 303 g/mol. The summed E-state index contributed by atoms with van der Waals surface area (Å²) in [6.07, 6.45) is 3.27. The molecule has 0 aliphatic carbocycles. The first kappa shape index (κ1) is 16.2.